The highest BCUT2D eigenvalue weighted by Gasteiger charge is 2.27. The van der Waals surface area contributed by atoms with Crippen molar-refractivity contribution < 1.29 is 28.6 Å². The summed E-state index contributed by atoms with van der Waals surface area (Å²) >= 11 is 0. The fourth-order valence-electron chi connectivity index (χ4n) is 5.19. The minimum absolute atomic E-state index is 0.0147. The Balaban J connectivity index is 1.54. The second kappa shape index (κ2) is 12.1. The zero-order chi connectivity index (χ0) is 29.8. The molecule has 0 saturated carbocycles. The van der Waals surface area contributed by atoms with Crippen LogP contribution in [0.25, 0.3) is 28.5 Å². The van der Waals surface area contributed by atoms with Gasteiger partial charge in [0.05, 0.1) is 37.5 Å². The van der Waals surface area contributed by atoms with E-state index < -0.39 is 5.97 Å². The Labute approximate surface area is 243 Å². The van der Waals surface area contributed by atoms with Gasteiger partial charge in [-0.25, -0.2) is 9.18 Å². The standard InChI is InChI=1S/C34H29FN2O5/c1-20-26(14-22-15-29(41-2)32(30(16-22)42-3)33-25(34(39)40)10-7-13-36-33)24-12-11-23(35)17-28(24)27(20)18-31(38)37-19-21-8-5-4-6-9-21/h4-17H,18-19H2,1-3H3,(H,37,38)(H,39,40)/b26-14-. The first kappa shape index (κ1) is 28.3. The van der Waals surface area contributed by atoms with Crippen molar-refractivity contribution in [3.05, 3.63) is 118 Å². The number of carbonyl (C=O) groups is 2. The van der Waals surface area contributed by atoms with Crippen LogP contribution in [0.5, 0.6) is 11.5 Å². The van der Waals surface area contributed by atoms with Gasteiger partial charge in [-0.15, -0.1) is 0 Å². The van der Waals surface area contributed by atoms with Crippen LogP contribution in [0, 0.1) is 5.82 Å². The fourth-order valence-corrected chi connectivity index (χ4v) is 5.19. The van der Waals surface area contributed by atoms with E-state index in [0.717, 1.165) is 27.8 Å². The topological polar surface area (TPSA) is 97.8 Å². The number of methoxy groups -OCH3 is 2. The summed E-state index contributed by atoms with van der Waals surface area (Å²) in [6, 6.07) is 20.8. The number of carbonyl (C=O) groups excluding carboxylic acids is 1. The van der Waals surface area contributed by atoms with Gasteiger partial charge in [0.2, 0.25) is 5.91 Å². The second-order valence-corrected chi connectivity index (χ2v) is 9.80. The van der Waals surface area contributed by atoms with E-state index in [2.05, 4.69) is 10.3 Å². The molecule has 0 radical (unpaired) electrons. The van der Waals surface area contributed by atoms with E-state index in [9.17, 15) is 19.1 Å². The number of hydrogen-bond acceptors (Lipinski definition) is 5. The SMILES string of the molecule is COc1cc(/C=C2/C(C)=C(CC(=O)NCc3ccccc3)c3cc(F)ccc32)cc(OC)c1-c1ncccc1C(=O)O. The Morgan fingerprint density at radius 3 is 2.33 bits per heavy atom. The van der Waals surface area contributed by atoms with Gasteiger partial charge in [0, 0.05) is 12.7 Å². The minimum Gasteiger partial charge on any atom is -0.496 e. The summed E-state index contributed by atoms with van der Waals surface area (Å²) in [7, 11) is 2.98. The summed E-state index contributed by atoms with van der Waals surface area (Å²) in [5, 5.41) is 12.7. The third kappa shape index (κ3) is 5.65. The lowest BCUT2D eigenvalue weighted by molar-refractivity contribution is -0.120. The summed E-state index contributed by atoms with van der Waals surface area (Å²) < 4.78 is 25.7. The maximum atomic E-state index is 14.4. The molecule has 0 saturated heterocycles. The molecular formula is C34H29FN2O5. The van der Waals surface area contributed by atoms with Crippen LogP contribution in [0.3, 0.4) is 0 Å². The molecule has 0 atom stereocenters. The third-order valence-corrected chi connectivity index (χ3v) is 7.24. The number of rotatable bonds is 9. The average molecular weight is 565 g/mol. The van der Waals surface area contributed by atoms with Crippen molar-refractivity contribution in [2.45, 2.75) is 19.9 Å². The van der Waals surface area contributed by atoms with Gasteiger partial charge < -0.3 is 19.9 Å². The van der Waals surface area contributed by atoms with Crippen molar-refractivity contribution in [2.75, 3.05) is 14.2 Å². The predicted octanol–water partition coefficient (Wildman–Crippen LogP) is 6.64. The van der Waals surface area contributed by atoms with E-state index in [1.165, 1.54) is 38.6 Å². The van der Waals surface area contributed by atoms with Gasteiger partial charge in [-0.1, -0.05) is 36.4 Å². The van der Waals surface area contributed by atoms with Crippen LogP contribution in [0.2, 0.25) is 0 Å². The number of aromatic nitrogens is 1. The highest BCUT2D eigenvalue weighted by atomic mass is 19.1. The predicted molar refractivity (Wildman–Crippen MR) is 160 cm³/mol. The van der Waals surface area contributed by atoms with Crippen LogP contribution < -0.4 is 14.8 Å². The molecule has 8 heteroatoms. The molecule has 0 unspecified atom stereocenters. The molecular weight excluding hydrogens is 535 g/mol. The quantitative estimate of drug-likeness (QED) is 0.237. The number of hydrogen-bond donors (Lipinski definition) is 2. The fraction of sp³-hybridized carbons (Fsp3) is 0.147. The van der Waals surface area contributed by atoms with Crippen molar-refractivity contribution in [1.29, 1.82) is 0 Å². The molecule has 5 rings (SSSR count). The Hall–Kier alpha value is -5.24. The lowest BCUT2D eigenvalue weighted by atomic mass is 9.97. The van der Waals surface area contributed by atoms with Crippen molar-refractivity contribution in [2.24, 2.45) is 0 Å². The monoisotopic (exact) mass is 564 g/mol. The van der Waals surface area contributed by atoms with Gasteiger partial charge in [0.15, 0.2) is 0 Å². The van der Waals surface area contributed by atoms with Crippen LogP contribution in [-0.4, -0.2) is 36.2 Å². The highest BCUT2D eigenvalue weighted by molar-refractivity contribution is 6.08. The van der Waals surface area contributed by atoms with E-state index in [4.69, 9.17) is 9.47 Å². The lowest BCUT2D eigenvalue weighted by Gasteiger charge is -2.16. The molecule has 2 N–H and O–H groups in total. The first-order valence-corrected chi connectivity index (χ1v) is 13.3. The highest BCUT2D eigenvalue weighted by Crippen LogP contribution is 2.45. The number of allylic oxidation sites excluding steroid dienone is 2. The lowest BCUT2D eigenvalue weighted by Crippen LogP contribution is -2.22. The Morgan fingerprint density at radius 1 is 0.952 bits per heavy atom. The maximum Gasteiger partial charge on any atom is 0.337 e. The Kier molecular flexibility index (Phi) is 8.15. The van der Waals surface area contributed by atoms with Crippen molar-refractivity contribution in [1.82, 2.24) is 10.3 Å². The summed E-state index contributed by atoms with van der Waals surface area (Å²) in [6.07, 6.45) is 3.53. The summed E-state index contributed by atoms with van der Waals surface area (Å²) in [5.74, 6) is -0.919. The number of amides is 1. The normalized spacial score (nSPS) is 13.2. The zero-order valence-corrected chi connectivity index (χ0v) is 23.4. The molecule has 4 aromatic rings. The molecule has 0 bridgehead atoms. The number of pyridine rings is 1. The second-order valence-electron chi connectivity index (χ2n) is 9.80. The summed E-state index contributed by atoms with van der Waals surface area (Å²) in [4.78, 5) is 29.2. The largest absolute Gasteiger partial charge is 0.496 e. The van der Waals surface area contributed by atoms with Gasteiger partial charge in [0.1, 0.15) is 17.3 Å². The van der Waals surface area contributed by atoms with E-state index in [1.54, 1.807) is 24.3 Å². The molecule has 212 valence electrons. The molecule has 0 fully saturated rings. The molecule has 1 aromatic heterocycles. The minimum atomic E-state index is -1.12. The van der Waals surface area contributed by atoms with Gasteiger partial charge in [-0.05, 0) is 88.4 Å². The maximum absolute atomic E-state index is 14.4. The molecule has 1 heterocycles. The molecule has 42 heavy (non-hydrogen) atoms. The average Bonchev–Trinajstić information content (AvgIpc) is 3.25. The number of aromatic carboxylic acids is 1. The molecule has 7 nitrogen and oxygen atoms in total. The molecule has 3 aromatic carbocycles. The molecule has 1 aliphatic carbocycles. The number of nitrogens with one attached hydrogen (secondary N) is 1. The van der Waals surface area contributed by atoms with E-state index in [0.29, 0.717) is 34.7 Å². The number of fused-ring (bicyclic) bond motifs is 1. The number of carboxylic acids is 1. The number of carboxylic acid groups (broad SMARTS) is 1. The van der Waals surface area contributed by atoms with Crippen LogP contribution in [-0.2, 0) is 11.3 Å². The number of ether oxygens (including phenoxy) is 2. The van der Waals surface area contributed by atoms with Gasteiger partial charge in [-0.2, -0.15) is 0 Å². The van der Waals surface area contributed by atoms with Gasteiger partial charge >= 0.3 is 5.97 Å². The van der Waals surface area contributed by atoms with Crippen LogP contribution in [0.15, 0.2) is 84.6 Å². The van der Waals surface area contributed by atoms with Crippen molar-refractivity contribution in [3.63, 3.8) is 0 Å². The number of benzene rings is 3. The molecule has 1 amide bonds. The van der Waals surface area contributed by atoms with Crippen LogP contribution in [0.1, 0.15) is 46.0 Å². The third-order valence-electron chi connectivity index (χ3n) is 7.24. The van der Waals surface area contributed by atoms with Gasteiger partial charge in [-0.3, -0.25) is 9.78 Å². The molecule has 1 aliphatic rings. The Morgan fingerprint density at radius 2 is 1.67 bits per heavy atom. The van der Waals surface area contributed by atoms with Crippen molar-refractivity contribution in [3.8, 4) is 22.8 Å². The zero-order valence-electron chi connectivity index (χ0n) is 23.4. The van der Waals surface area contributed by atoms with Gasteiger partial charge in [0.25, 0.3) is 0 Å². The molecule has 0 aliphatic heterocycles. The van der Waals surface area contributed by atoms with Crippen LogP contribution >= 0.6 is 0 Å². The molecule has 0 spiro atoms. The number of halogens is 1. The van der Waals surface area contributed by atoms with E-state index in [1.807, 2.05) is 43.3 Å². The van der Waals surface area contributed by atoms with E-state index in [-0.39, 0.29) is 29.4 Å². The first-order valence-electron chi connectivity index (χ1n) is 13.3. The summed E-state index contributed by atoms with van der Waals surface area (Å²) in [5.41, 5.74) is 6.25. The van der Waals surface area contributed by atoms with Crippen molar-refractivity contribution >= 4 is 29.1 Å². The van der Waals surface area contributed by atoms with Crippen LogP contribution in [0.4, 0.5) is 4.39 Å². The first-order chi connectivity index (χ1) is 20.3. The Bertz CT molecular complexity index is 1720. The smallest absolute Gasteiger partial charge is 0.337 e. The van der Waals surface area contributed by atoms with E-state index >= 15 is 0 Å². The number of nitrogens with zero attached hydrogens (tertiary/aromatic N) is 1. The summed E-state index contributed by atoms with van der Waals surface area (Å²) in [6.45, 7) is 2.32.